The minimum absolute atomic E-state index is 0.268. The van der Waals surface area contributed by atoms with E-state index in [9.17, 15) is 14.4 Å². The van der Waals surface area contributed by atoms with Crippen molar-refractivity contribution in [2.24, 2.45) is 5.73 Å². The number of rotatable bonds is 6. The second-order valence-corrected chi connectivity index (χ2v) is 5.16. The first-order chi connectivity index (χ1) is 9.31. The number of carboxylic acids is 1. The molecule has 1 heterocycles. The Balaban J connectivity index is 2.62. The molecule has 0 aromatic heterocycles. The van der Waals surface area contributed by atoms with Gasteiger partial charge in [-0.05, 0) is 26.4 Å². The van der Waals surface area contributed by atoms with E-state index in [1.54, 1.807) is 7.05 Å². The number of primary amides is 1. The average Bonchev–Trinajstić information content (AvgIpc) is 2.72. The van der Waals surface area contributed by atoms with Gasteiger partial charge < -0.3 is 25.5 Å². The molecule has 0 radical (unpaired) electrons. The third-order valence-corrected chi connectivity index (χ3v) is 3.43. The number of amides is 3. The van der Waals surface area contributed by atoms with Crippen LogP contribution in [0.25, 0.3) is 0 Å². The summed E-state index contributed by atoms with van der Waals surface area (Å²) in [5.41, 5.74) is 5.04. The van der Waals surface area contributed by atoms with Crippen LogP contribution < -0.4 is 5.73 Å². The summed E-state index contributed by atoms with van der Waals surface area (Å²) in [6.07, 6.45) is 2.09. The van der Waals surface area contributed by atoms with Gasteiger partial charge in [-0.3, -0.25) is 9.59 Å². The maximum atomic E-state index is 12.2. The Hall–Kier alpha value is -1.83. The Kier molecular flexibility index (Phi) is 5.75. The van der Waals surface area contributed by atoms with Gasteiger partial charge in [-0.25, -0.2) is 4.79 Å². The molecule has 0 bridgehead atoms. The molecule has 1 saturated heterocycles. The highest BCUT2D eigenvalue weighted by Gasteiger charge is 2.27. The fourth-order valence-electron chi connectivity index (χ4n) is 2.39. The Morgan fingerprint density at radius 3 is 2.45 bits per heavy atom. The normalized spacial score (nSPS) is 18.8. The van der Waals surface area contributed by atoms with E-state index < -0.39 is 31.0 Å². The van der Waals surface area contributed by atoms with Crippen LogP contribution in [0.15, 0.2) is 0 Å². The van der Waals surface area contributed by atoms with Crippen molar-refractivity contribution in [1.29, 1.82) is 0 Å². The van der Waals surface area contributed by atoms with Gasteiger partial charge in [0.1, 0.15) is 13.1 Å². The van der Waals surface area contributed by atoms with Gasteiger partial charge in [-0.15, -0.1) is 0 Å². The van der Waals surface area contributed by atoms with Gasteiger partial charge in [-0.2, -0.15) is 0 Å². The van der Waals surface area contributed by atoms with Crippen molar-refractivity contribution in [3.05, 3.63) is 0 Å². The van der Waals surface area contributed by atoms with Gasteiger partial charge in [0.05, 0.1) is 0 Å². The monoisotopic (exact) mass is 286 g/mol. The number of hydrogen-bond donors (Lipinski definition) is 2. The molecule has 1 atom stereocenters. The lowest BCUT2D eigenvalue weighted by atomic mass is 10.2. The second kappa shape index (κ2) is 7.09. The maximum absolute atomic E-state index is 12.2. The first-order valence-corrected chi connectivity index (χ1v) is 6.51. The number of carbonyl (C=O) groups excluding carboxylic acids is 2. The van der Waals surface area contributed by atoms with E-state index >= 15 is 0 Å². The molecule has 0 aromatic rings. The van der Waals surface area contributed by atoms with E-state index in [2.05, 4.69) is 4.90 Å². The molecule has 1 unspecified atom stereocenters. The molecular weight excluding hydrogens is 264 g/mol. The minimum atomic E-state index is -1.18. The third-order valence-electron chi connectivity index (χ3n) is 3.43. The summed E-state index contributed by atoms with van der Waals surface area (Å²) in [5, 5.41) is 8.78. The summed E-state index contributed by atoms with van der Waals surface area (Å²) in [7, 11) is 3.60. The van der Waals surface area contributed by atoms with Crippen LogP contribution in [-0.4, -0.2) is 84.0 Å². The standard InChI is InChI=1S/C12H22N4O4/c1-14-5-3-4-9(14)6-15(2)12(20)16(7-10(13)17)8-11(18)19/h9H,3-8H2,1-2H3,(H2,13,17)(H,18,19). The summed E-state index contributed by atoms with van der Waals surface area (Å²) < 4.78 is 0. The molecule has 0 aromatic carbocycles. The van der Waals surface area contributed by atoms with Crippen molar-refractivity contribution in [2.75, 3.05) is 40.3 Å². The van der Waals surface area contributed by atoms with Crippen LogP contribution in [0, 0.1) is 0 Å². The molecule has 3 N–H and O–H groups in total. The summed E-state index contributed by atoms with van der Waals surface area (Å²) in [5.74, 6) is -1.91. The number of likely N-dealkylation sites (N-methyl/N-ethyl adjacent to an activating group) is 2. The quantitative estimate of drug-likeness (QED) is 0.651. The first kappa shape index (κ1) is 16.2. The van der Waals surface area contributed by atoms with Crippen LogP contribution in [-0.2, 0) is 9.59 Å². The molecular formula is C12H22N4O4. The molecule has 114 valence electrons. The van der Waals surface area contributed by atoms with Crippen molar-refractivity contribution in [2.45, 2.75) is 18.9 Å². The Morgan fingerprint density at radius 2 is 2.00 bits per heavy atom. The van der Waals surface area contributed by atoms with Crippen molar-refractivity contribution >= 4 is 17.9 Å². The fourth-order valence-corrected chi connectivity index (χ4v) is 2.39. The van der Waals surface area contributed by atoms with Crippen molar-refractivity contribution < 1.29 is 19.5 Å². The van der Waals surface area contributed by atoms with Crippen LogP contribution in [0.5, 0.6) is 0 Å². The van der Waals surface area contributed by atoms with Gasteiger partial charge in [0.25, 0.3) is 0 Å². The Morgan fingerprint density at radius 1 is 1.35 bits per heavy atom. The van der Waals surface area contributed by atoms with E-state index in [4.69, 9.17) is 10.8 Å². The van der Waals surface area contributed by atoms with Gasteiger partial charge in [0, 0.05) is 19.6 Å². The van der Waals surface area contributed by atoms with Crippen LogP contribution in [0.1, 0.15) is 12.8 Å². The number of likely N-dealkylation sites (tertiary alicyclic amines) is 1. The highest BCUT2D eigenvalue weighted by atomic mass is 16.4. The molecule has 0 aliphatic carbocycles. The zero-order valence-corrected chi connectivity index (χ0v) is 11.9. The number of aliphatic carboxylic acids is 1. The smallest absolute Gasteiger partial charge is 0.323 e. The Bertz CT molecular complexity index is 372. The van der Waals surface area contributed by atoms with Gasteiger partial charge in [0.2, 0.25) is 5.91 Å². The van der Waals surface area contributed by atoms with E-state index in [1.807, 2.05) is 7.05 Å². The summed E-state index contributed by atoms with van der Waals surface area (Å²) in [6, 6.07) is -0.226. The summed E-state index contributed by atoms with van der Waals surface area (Å²) >= 11 is 0. The number of nitrogens with zero attached hydrogens (tertiary/aromatic N) is 3. The van der Waals surface area contributed by atoms with Crippen molar-refractivity contribution in [3.8, 4) is 0 Å². The molecule has 8 heteroatoms. The van der Waals surface area contributed by atoms with Crippen LogP contribution in [0.3, 0.4) is 0 Å². The van der Waals surface area contributed by atoms with Gasteiger partial charge in [-0.1, -0.05) is 0 Å². The minimum Gasteiger partial charge on any atom is -0.480 e. The first-order valence-electron chi connectivity index (χ1n) is 6.51. The molecule has 0 spiro atoms. The fraction of sp³-hybridized carbons (Fsp3) is 0.750. The predicted octanol–water partition coefficient (Wildman–Crippen LogP) is -0.996. The zero-order valence-electron chi connectivity index (χ0n) is 11.9. The van der Waals surface area contributed by atoms with E-state index in [0.29, 0.717) is 6.54 Å². The number of urea groups is 1. The average molecular weight is 286 g/mol. The van der Waals surface area contributed by atoms with Gasteiger partial charge >= 0.3 is 12.0 Å². The topological polar surface area (TPSA) is 107 Å². The molecule has 3 amide bonds. The lowest BCUT2D eigenvalue weighted by Crippen LogP contribution is -2.49. The Labute approximate surface area is 118 Å². The second-order valence-electron chi connectivity index (χ2n) is 5.16. The highest BCUT2D eigenvalue weighted by molar-refractivity contribution is 5.85. The van der Waals surface area contributed by atoms with E-state index in [-0.39, 0.29) is 6.04 Å². The summed E-state index contributed by atoms with van der Waals surface area (Å²) in [6.45, 7) is 0.569. The van der Waals surface area contributed by atoms with Crippen LogP contribution >= 0.6 is 0 Å². The maximum Gasteiger partial charge on any atom is 0.323 e. The lowest BCUT2D eigenvalue weighted by molar-refractivity contribution is -0.138. The molecule has 1 fully saturated rings. The van der Waals surface area contributed by atoms with E-state index in [0.717, 1.165) is 24.3 Å². The molecule has 1 aliphatic rings. The predicted molar refractivity (Wildman–Crippen MR) is 72.1 cm³/mol. The SMILES string of the molecule is CN(CC1CCCN1C)C(=O)N(CC(N)=O)CC(=O)O. The van der Waals surface area contributed by atoms with Crippen molar-refractivity contribution in [3.63, 3.8) is 0 Å². The number of nitrogens with two attached hydrogens (primary N) is 1. The molecule has 0 saturated carbocycles. The number of carbonyl (C=O) groups is 3. The lowest BCUT2D eigenvalue weighted by Gasteiger charge is -2.30. The molecule has 20 heavy (non-hydrogen) atoms. The molecule has 8 nitrogen and oxygen atoms in total. The van der Waals surface area contributed by atoms with Crippen molar-refractivity contribution in [1.82, 2.24) is 14.7 Å². The van der Waals surface area contributed by atoms with E-state index in [1.165, 1.54) is 4.90 Å². The highest BCUT2D eigenvalue weighted by Crippen LogP contribution is 2.15. The number of hydrogen-bond acceptors (Lipinski definition) is 4. The summed E-state index contributed by atoms with van der Waals surface area (Å²) in [4.78, 5) is 38.4. The van der Waals surface area contributed by atoms with Crippen LogP contribution in [0.2, 0.25) is 0 Å². The zero-order chi connectivity index (χ0) is 15.3. The third kappa shape index (κ3) is 4.69. The van der Waals surface area contributed by atoms with Gasteiger partial charge in [0.15, 0.2) is 0 Å². The van der Waals surface area contributed by atoms with Crippen LogP contribution in [0.4, 0.5) is 4.79 Å². The molecule has 1 aliphatic heterocycles. The molecule has 1 rings (SSSR count). The largest absolute Gasteiger partial charge is 0.480 e. The number of carboxylic acid groups (broad SMARTS) is 1.